The largest absolute Gasteiger partial charge is 0.377 e. The first-order valence-corrected chi connectivity index (χ1v) is 9.97. The molecule has 160 valence electrons. The normalized spacial score (nSPS) is 11.5. The Balaban J connectivity index is 1.81. The first-order valence-electron chi connectivity index (χ1n) is 9.97. The summed E-state index contributed by atoms with van der Waals surface area (Å²) in [5.74, 6) is -0.777. The minimum Gasteiger partial charge on any atom is -0.377 e. The maximum atomic E-state index is 13.5. The third-order valence-corrected chi connectivity index (χ3v) is 4.77. The summed E-state index contributed by atoms with van der Waals surface area (Å²) >= 11 is 0. The van der Waals surface area contributed by atoms with Gasteiger partial charge in [-0.05, 0) is 50.2 Å². The molecule has 0 unspecified atom stereocenters. The van der Waals surface area contributed by atoms with Crippen LogP contribution in [0.15, 0.2) is 48.9 Å². The van der Waals surface area contributed by atoms with Crippen LogP contribution in [-0.4, -0.2) is 42.8 Å². The fourth-order valence-corrected chi connectivity index (χ4v) is 3.37. The molecule has 4 aromatic rings. The first-order chi connectivity index (χ1) is 14.9. The summed E-state index contributed by atoms with van der Waals surface area (Å²) in [7, 11) is 0. The van der Waals surface area contributed by atoms with Crippen molar-refractivity contribution < 1.29 is 13.9 Å². The summed E-state index contributed by atoms with van der Waals surface area (Å²) in [6, 6.07) is 9.84. The molecule has 3 aromatic heterocycles. The molecule has 0 aliphatic heterocycles. The fourth-order valence-electron chi connectivity index (χ4n) is 3.37. The van der Waals surface area contributed by atoms with Gasteiger partial charge >= 0.3 is 0 Å². The molecule has 0 spiro atoms. The van der Waals surface area contributed by atoms with Gasteiger partial charge in [0, 0.05) is 12.1 Å². The highest BCUT2D eigenvalue weighted by atomic mass is 19.1. The Bertz CT molecular complexity index is 1210. The van der Waals surface area contributed by atoms with Crippen molar-refractivity contribution in [2.45, 2.75) is 32.9 Å². The smallest absolute Gasteiger partial charge is 0.223 e. The van der Waals surface area contributed by atoms with Crippen molar-refractivity contribution >= 4 is 11.6 Å². The minimum atomic E-state index is -0.461. The van der Waals surface area contributed by atoms with Crippen molar-refractivity contribution in [3.05, 3.63) is 60.4 Å². The highest BCUT2D eigenvalue weighted by Gasteiger charge is 2.18. The standard InChI is InChI=1S/C22H23FN6O2/c1-14(2)31-10-9-28-13-26-21(15-3-5-16(23)6-4-15)22(28)18-7-8-20-25-12-17(11-19(24)30)29(20)27-18/h3-8,12-14H,9-11H2,1-2H3,(H2,24,30). The molecule has 0 radical (unpaired) electrons. The molecule has 9 heteroatoms. The van der Waals surface area contributed by atoms with Crippen LogP contribution in [0, 0.1) is 5.82 Å². The van der Waals surface area contributed by atoms with Crippen LogP contribution in [0.5, 0.6) is 0 Å². The van der Waals surface area contributed by atoms with Crippen molar-refractivity contribution in [3.63, 3.8) is 0 Å². The van der Waals surface area contributed by atoms with E-state index in [1.54, 1.807) is 29.2 Å². The number of carbonyl (C=O) groups excluding carboxylic acids is 1. The number of amides is 1. The molecule has 0 saturated carbocycles. The second-order valence-electron chi connectivity index (χ2n) is 7.44. The van der Waals surface area contributed by atoms with Crippen LogP contribution in [0.25, 0.3) is 28.3 Å². The topological polar surface area (TPSA) is 100 Å². The van der Waals surface area contributed by atoms with E-state index in [2.05, 4.69) is 9.97 Å². The molecule has 0 saturated heterocycles. The summed E-state index contributed by atoms with van der Waals surface area (Å²) in [4.78, 5) is 20.3. The Morgan fingerprint density at radius 2 is 1.94 bits per heavy atom. The van der Waals surface area contributed by atoms with Crippen LogP contribution in [0.2, 0.25) is 0 Å². The van der Waals surface area contributed by atoms with Crippen molar-refractivity contribution in [1.82, 2.24) is 24.1 Å². The maximum absolute atomic E-state index is 13.5. The van der Waals surface area contributed by atoms with Gasteiger partial charge in [-0.15, -0.1) is 0 Å². The molecule has 0 aliphatic rings. The summed E-state index contributed by atoms with van der Waals surface area (Å²) in [6.45, 7) is 5.03. The number of ether oxygens (including phenoxy) is 1. The van der Waals surface area contributed by atoms with Crippen LogP contribution in [0.1, 0.15) is 19.5 Å². The van der Waals surface area contributed by atoms with Gasteiger partial charge in [0.2, 0.25) is 5.91 Å². The third-order valence-electron chi connectivity index (χ3n) is 4.77. The molecular formula is C22H23FN6O2. The Hall–Kier alpha value is -3.59. The lowest BCUT2D eigenvalue weighted by molar-refractivity contribution is -0.117. The second kappa shape index (κ2) is 8.65. The molecule has 0 atom stereocenters. The van der Waals surface area contributed by atoms with Crippen LogP contribution in [0.4, 0.5) is 4.39 Å². The number of carbonyl (C=O) groups is 1. The minimum absolute atomic E-state index is 0.0317. The van der Waals surface area contributed by atoms with E-state index in [9.17, 15) is 9.18 Å². The number of nitrogens with two attached hydrogens (primary N) is 1. The van der Waals surface area contributed by atoms with Crippen molar-refractivity contribution in [2.24, 2.45) is 5.73 Å². The Kier molecular flexibility index (Phi) is 5.77. The van der Waals surface area contributed by atoms with Crippen LogP contribution in [0.3, 0.4) is 0 Å². The summed E-state index contributed by atoms with van der Waals surface area (Å²) in [6.07, 6.45) is 3.46. The number of hydrogen-bond acceptors (Lipinski definition) is 5. The number of primary amides is 1. The summed E-state index contributed by atoms with van der Waals surface area (Å²) in [5.41, 5.74) is 9.41. The molecule has 1 aromatic carbocycles. The van der Waals surface area contributed by atoms with Gasteiger partial charge in [0.15, 0.2) is 5.65 Å². The Morgan fingerprint density at radius 3 is 2.65 bits per heavy atom. The van der Waals surface area contributed by atoms with Gasteiger partial charge < -0.3 is 15.0 Å². The lowest BCUT2D eigenvalue weighted by Crippen LogP contribution is -2.15. The van der Waals surface area contributed by atoms with E-state index in [1.807, 2.05) is 30.5 Å². The van der Waals surface area contributed by atoms with Crippen molar-refractivity contribution in [1.29, 1.82) is 0 Å². The first kappa shape index (κ1) is 20.7. The maximum Gasteiger partial charge on any atom is 0.223 e. The highest BCUT2D eigenvalue weighted by molar-refractivity contribution is 5.78. The fraction of sp³-hybridized carbons (Fsp3) is 0.273. The molecule has 4 rings (SSSR count). The van der Waals surface area contributed by atoms with E-state index < -0.39 is 5.91 Å². The summed E-state index contributed by atoms with van der Waals surface area (Å²) in [5, 5.41) is 4.71. The second-order valence-corrected chi connectivity index (χ2v) is 7.44. The molecule has 0 bridgehead atoms. The quantitative estimate of drug-likeness (QED) is 0.471. The van der Waals surface area contributed by atoms with E-state index >= 15 is 0 Å². The zero-order chi connectivity index (χ0) is 22.0. The predicted molar refractivity (Wildman–Crippen MR) is 114 cm³/mol. The van der Waals surface area contributed by atoms with Crippen molar-refractivity contribution in [3.8, 4) is 22.6 Å². The number of imidazole rings is 2. The number of nitrogens with zero attached hydrogens (tertiary/aromatic N) is 5. The van der Waals surface area contributed by atoms with Gasteiger partial charge in [0.25, 0.3) is 0 Å². The third kappa shape index (κ3) is 4.46. The molecule has 8 nitrogen and oxygen atoms in total. The molecular weight excluding hydrogens is 399 g/mol. The Morgan fingerprint density at radius 1 is 1.16 bits per heavy atom. The highest BCUT2D eigenvalue weighted by Crippen LogP contribution is 2.30. The number of aromatic nitrogens is 5. The van der Waals surface area contributed by atoms with E-state index in [0.717, 1.165) is 11.3 Å². The van der Waals surface area contributed by atoms with Crippen LogP contribution >= 0.6 is 0 Å². The van der Waals surface area contributed by atoms with Crippen LogP contribution < -0.4 is 5.73 Å². The molecule has 31 heavy (non-hydrogen) atoms. The van der Waals surface area contributed by atoms with Gasteiger partial charge in [-0.2, -0.15) is 5.10 Å². The number of benzene rings is 1. The Labute approximate surface area is 178 Å². The zero-order valence-corrected chi connectivity index (χ0v) is 17.3. The molecule has 3 heterocycles. The average molecular weight is 422 g/mol. The SMILES string of the molecule is CC(C)OCCn1cnc(-c2ccc(F)cc2)c1-c1ccc2ncc(CC(N)=O)n2n1. The van der Waals surface area contributed by atoms with Gasteiger partial charge in [0.05, 0.1) is 48.7 Å². The average Bonchev–Trinajstić information content (AvgIpc) is 3.32. The molecule has 0 fully saturated rings. The van der Waals surface area contributed by atoms with E-state index in [-0.39, 0.29) is 18.3 Å². The van der Waals surface area contributed by atoms with Crippen LogP contribution in [-0.2, 0) is 22.5 Å². The summed E-state index contributed by atoms with van der Waals surface area (Å²) < 4.78 is 22.7. The lowest BCUT2D eigenvalue weighted by atomic mass is 10.1. The van der Waals surface area contributed by atoms with Gasteiger partial charge in [0.1, 0.15) is 11.5 Å². The van der Waals surface area contributed by atoms with E-state index in [4.69, 9.17) is 15.6 Å². The van der Waals surface area contributed by atoms with Gasteiger partial charge in [-0.3, -0.25) is 4.79 Å². The van der Waals surface area contributed by atoms with E-state index in [0.29, 0.717) is 35.9 Å². The number of hydrogen-bond donors (Lipinski definition) is 1. The lowest BCUT2D eigenvalue weighted by Gasteiger charge is -2.12. The van der Waals surface area contributed by atoms with Gasteiger partial charge in [-0.25, -0.2) is 18.9 Å². The van der Waals surface area contributed by atoms with Gasteiger partial charge in [-0.1, -0.05) is 0 Å². The molecule has 2 N–H and O–H groups in total. The molecule has 1 amide bonds. The van der Waals surface area contributed by atoms with Crippen molar-refractivity contribution in [2.75, 3.05) is 6.61 Å². The predicted octanol–water partition coefficient (Wildman–Crippen LogP) is 2.85. The number of rotatable bonds is 8. The zero-order valence-electron chi connectivity index (χ0n) is 17.3. The monoisotopic (exact) mass is 422 g/mol. The number of halogens is 1. The molecule has 0 aliphatic carbocycles. The van der Waals surface area contributed by atoms with E-state index in [1.165, 1.54) is 12.1 Å². The number of fused-ring (bicyclic) bond motifs is 1.